The average molecular weight is 428 g/mol. The van der Waals surface area contributed by atoms with Crippen LogP contribution in [0.15, 0.2) is 18.2 Å². The molecule has 0 saturated carbocycles. The molecule has 2 aliphatic heterocycles. The predicted molar refractivity (Wildman–Crippen MR) is 116 cm³/mol. The number of piperidine rings is 1. The number of hydrogen-bond donors (Lipinski definition) is 2. The first-order chi connectivity index (χ1) is 14.6. The van der Waals surface area contributed by atoms with Gasteiger partial charge < -0.3 is 14.9 Å². The van der Waals surface area contributed by atoms with E-state index in [-0.39, 0.29) is 23.3 Å². The number of aryl methyl sites for hydroxylation is 1. The summed E-state index contributed by atoms with van der Waals surface area (Å²) in [6.45, 7) is 7.86. The number of carbonyl (C=O) groups excluding carboxylic acids is 2. The molecule has 0 radical (unpaired) electrons. The fourth-order valence-electron chi connectivity index (χ4n) is 4.67. The molecule has 2 atom stereocenters. The van der Waals surface area contributed by atoms with Crippen molar-refractivity contribution in [1.82, 2.24) is 20.0 Å². The number of nitrogens with one attached hydrogen (secondary N) is 1. The largest absolute Gasteiger partial charge is 0.465 e. The molecule has 31 heavy (non-hydrogen) atoms. The van der Waals surface area contributed by atoms with E-state index in [0.717, 1.165) is 16.6 Å². The lowest BCUT2D eigenvalue weighted by atomic mass is 9.84. The number of carboxylic acid groups (broad SMARTS) is 1. The SMILES string of the molecule is Cn1nc(C2CCC(=O)NC2=O)c2ccc(N3CCN(C(=O)O)C(C(C)(C)C)C3)cc21. The minimum absolute atomic E-state index is 0.125. The zero-order valence-electron chi connectivity index (χ0n) is 18.4. The second-order valence-electron chi connectivity index (χ2n) is 9.52. The van der Waals surface area contributed by atoms with E-state index in [1.807, 2.05) is 25.2 Å². The minimum Gasteiger partial charge on any atom is -0.465 e. The lowest BCUT2D eigenvalue weighted by molar-refractivity contribution is -0.134. The zero-order valence-corrected chi connectivity index (χ0v) is 18.4. The van der Waals surface area contributed by atoms with Crippen molar-refractivity contribution in [2.45, 2.75) is 45.6 Å². The second-order valence-corrected chi connectivity index (χ2v) is 9.52. The molecule has 1 aromatic heterocycles. The van der Waals surface area contributed by atoms with Gasteiger partial charge in [-0.15, -0.1) is 0 Å². The van der Waals surface area contributed by atoms with Gasteiger partial charge in [-0.05, 0) is 30.0 Å². The van der Waals surface area contributed by atoms with E-state index in [1.165, 1.54) is 0 Å². The fraction of sp³-hybridized carbons (Fsp3) is 0.545. The summed E-state index contributed by atoms with van der Waals surface area (Å²) in [5, 5.41) is 17.5. The highest BCUT2D eigenvalue weighted by Crippen LogP contribution is 2.34. The van der Waals surface area contributed by atoms with Gasteiger partial charge in [0.2, 0.25) is 11.8 Å². The third-order valence-electron chi connectivity index (χ3n) is 6.42. The maximum atomic E-state index is 12.3. The van der Waals surface area contributed by atoms with Gasteiger partial charge >= 0.3 is 6.09 Å². The first-order valence-corrected chi connectivity index (χ1v) is 10.6. The van der Waals surface area contributed by atoms with Crippen LogP contribution in [0.3, 0.4) is 0 Å². The second kappa shape index (κ2) is 7.55. The smallest absolute Gasteiger partial charge is 0.407 e. The summed E-state index contributed by atoms with van der Waals surface area (Å²) in [4.78, 5) is 39.3. The molecule has 9 heteroatoms. The van der Waals surface area contributed by atoms with Crippen LogP contribution in [-0.4, -0.2) is 63.4 Å². The van der Waals surface area contributed by atoms with Gasteiger partial charge in [-0.1, -0.05) is 20.8 Å². The highest BCUT2D eigenvalue weighted by atomic mass is 16.4. The van der Waals surface area contributed by atoms with Gasteiger partial charge in [-0.3, -0.25) is 19.6 Å². The van der Waals surface area contributed by atoms with Crippen LogP contribution < -0.4 is 10.2 Å². The van der Waals surface area contributed by atoms with Crippen molar-refractivity contribution in [3.05, 3.63) is 23.9 Å². The standard InChI is InChI=1S/C22H29N5O4/c1-22(2,3)17-12-26(9-10-27(17)21(30)31)13-5-6-14-16(11-13)25(4)24-19(14)15-7-8-18(28)23-20(15)29/h5-6,11,15,17H,7-10,12H2,1-4H3,(H,30,31)(H,23,28,29). The third-order valence-corrected chi connectivity index (χ3v) is 6.42. The van der Waals surface area contributed by atoms with Crippen molar-refractivity contribution in [3.8, 4) is 0 Å². The normalized spacial score (nSPS) is 22.7. The molecule has 166 valence electrons. The van der Waals surface area contributed by atoms with Gasteiger partial charge in [0.25, 0.3) is 0 Å². The van der Waals surface area contributed by atoms with E-state index in [2.05, 4.69) is 36.1 Å². The summed E-state index contributed by atoms with van der Waals surface area (Å²) in [6.07, 6.45) is -0.104. The molecule has 2 aromatic rings. The molecule has 3 heterocycles. The Balaban J connectivity index is 1.64. The van der Waals surface area contributed by atoms with Crippen molar-refractivity contribution in [1.29, 1.82) is 0 Å². The van der Waals surface area contributed by atoms with Crippen LogP contribution in [-0.2, 0) is 16.6 Å². The van der Waals surface area contributed by atoms with Crippen molar-refractivity contribution < 1.29 is 19.5 Å². The topological polar surface area (TPSA) is 108 Å². The number of benzene rings is 1. The van der Waals surface area contributed by atoms with E-state index in [1.54, 1.807) is 9.58 Å². The Bertz CT molecular complexity index is 1050. The fourth-order valence-corrected chi connectivity index (χ4v) is 4.67. The zero-order chi connectivity index (χ0) is 22.5. The first-order valence-electron chi connectivity index (χ1n) is 10.6. The molecule has 3 amide bonds. The lowest BCUT2D eigenvalue weighted by Crippen LogP contribution is -2.59. The Morgan fingerprint density at radius 1 is 1.23 bits per heavy atom. The number of rotatable bonds is 2. The van der Waals surface area contributed by atoms with Gasteiger partial charge in [0.1, 0.15) is 0 Å². The van der Waals surface area contributed by atoms with E-state index in [9.17, 15) is 19.5 Å². The molecule has 0 bridgehead atoms. The van der Waals surface area contributed by atoms with Crippen molar-refractivity contribution in [2.75, 3.05) is 24.5 Å². The van der Waals surface area contributed by atoms with Crippen LogP contribution in [0.25, 0.3) is 10.9 Å². The van der Waals surface area contributed by atoms with E-state index < -0.39 is 12.0 Å². The summed E-state index contributed by atoms with van der Waals surface area (Å²) in [5.41, 5.74) is 2.42. The van der Waals surface area contributed by atoms with E-state index in [4.69, 9.17) is 0 Å². The number of hydrogen-bond acceptors (Lipinski definition) is 5. The van der Waals surface area contributed by atoms with Gasteiger partial charge in [-0.25, -0.2) is 4.79 Å². The monoisotopic (exact) mass is 427 g/mol. The number of nitrogens with zero attached hydrogens (tertiary/aromatic N) is 4. The lowest BCUT2D eigenvalue weighted by Gasteiger charge is -2.46. The Hall–Kier alpha value is -3.10. The maximum Gasteiger partial charge on any atom is 0.407 e. The molecule has 1 aromatic carbocycles. The first kappa shape index (κ1) is 21.1. The molecule has 9 nitrogen and oxygen atoms in total. The number of anilines is 1. The molecular formula is C22H29N5O4. The van der Waals surface area contributed by atoms with Crippen LogP contribution in [0.1, 0.15) is 45.2 Å². The highest BCUT2D eigenvalue weighted by Gasteiger charge is 2.38. The van der Waals surface area contributed by atoms with Crippen LogP contribution in [0.5, 0.6) is 0 Å². The van der Waals surface area contributed by atoms with Crippen molar-refractivity contribution in [2.24, 2.45) is 12.5 Å². The van der Waals surface area contributed by atoms with Crippen LogP contribution >= 0.6 is 0 Å². The average Bonchev–Trinajstić information content (AvgIpc) is 3.02. The Morgan fingerprint density at radius 2 is 1.97 bits per heavy atom. The molecule has 4 rings (SSSR count). The molecule has 2 fully saturated rings. The van der Waals surface area contributed by atoms with E-state index in [0.29, 0.717) is 38.2 Å². The predicted octanol–water partition coefficient (Wildman–Crippen LogP) is 2.31. The van der Waals surface area contributed by atoms with Gasteiger partial charge in [0.05, 0.1) is 23.2 Å². The number of piperazine rings is 1. The summed E-state index contributed by atoms with van der Waals surface area (Å²) in [6, 6.07) is 5.91. The molecule has 2 N–H and O–H groups in total. The molecule has 0 aliphatic carbocycles. The van der Waals surface area contributed by atoms with Crippen LogP contribution in [0.4, 0.5) is 10.5 Å². The van der Waals surface area contributed by atoms with Crippen molar-refractivity contribution in [3.63, 3.8) is 0 Å². The van der Waals surface area contributed by atoms with Gasteiger partial charge in [0, 0.05) is 44.2 Å². The molecule has 2 saturated heterocycles. The summed E-state index contributed by atoms with van der Waals surface area (Å²) < 4.78 is 1.77. The molecular weight excluding hydrogens is 398 g/mol. The Kier molecular flexibility index (Phi) is 5.15. The summed E-state index contributed by atoms with van der Waals surface area (Å²) >= 11 is 0. The third kappa shape index (κ3) is 3.84. The molecule has 2 aliphatic rings. The highest BCUT2D eigenvalue weighted by molar-refractivity contribution is 6.02. The number of fused-ring (bicyclic) bond motifs is 1. The number of imide groups is 1. The van der Waals surface area contributed by atoms with E-state index >= 15 is 0 Å². The number of carbonyl (C=O) groups is 3. The molecule has 2 unspecified atom stereocenters. The van der Waals surface area contributed by atoms with Crippen LogP contribution in [0, 0.1) is 5.41 Å². The summed E-state index contributed by atoms with van der Waals surface area (Å²) in [5.74, 6) is -0.965. The Labute approximate surface area is 181 Å². The quantitative estimate of drug-likeness (QED) is 0.712. The Morgan fingerprint density at radius 3 is 2.61 bits per heavy atom. The van der Waals surface area contributed by atoms with Gasteiger partial charge in [-0.2, -0.15) is 5.10 Å². The maximum absolute atomic E-state index is 12.3. The van der Waals surface area contributed by atoms with Gasteiger partial charge in [0.15, 0.2) is 0 Å². The molecule has 0 spiro atoms. The van der Waals surface area contributed by atoms with Crippen LogP contribution in [0.2, 0.25) is 0 Å². The summed E-state index contributed by atoms with van der Waals surface area (Å²) in [7, 11) is 1.85. The number of aromatic nitrogens is 2. The number of amides is 3. The van der Waals surface area contributed by atoms with Crippen molar-refractivity contribution >= 4 is 34.5 Å². The minimum atomic E-state index is -0.879.